The molecule has 2 aromatic carbocycles. The first-order chi connectivity index (χ1) is 12.4. The van der Waals surface area contributed by atoms with Crippen molar-refractivity contribution < 1.29 is 4.79 Å². The van der Waals surface area contributed by atoms with Gasteiger partial charge in [0.25, 0.3) is 5.91 Å². The summed E-state index contributed by atoms with van der Waals surface area (Å²) in [4.78, 5) is 21.3. The Morgan fingerprint density at radius 1 is 0.808 bits per heavy atom. The van der Waals surface area contributed by atoms with E-state index >= 15 is 0 Å². The molecule has 0 saturated carbocycles. The smallest absolute Gasteiger partial charge is 0.274 e. The van der Waals surface area contributed by atoms with Crippen molar-refractivity contribution in [1.29, 1.82) is 0 Å². The van der Waals surface area contributed by atoms with Crippen LogP contribution in [0.15, 0.2) is 48.5 Å². The Kier molecular flexibility index (Phi) is 4.98. The van der Waals surface area contributed by atoms with Crippen molar-refractivity contribution in [1.82, 2.24) is 9.97 Å². The molecule has 5 nitrogen and oxygen atoms in total. The molecule has 0 radical (unpaired) electrons. The van der Waals surface area contributed by atoms with Crippen molar-refractivity contribution in [3.8, 4) is 0 Å². The molecule has 1 heterocycles. The molecule has 0 aliphatic heterocycles. The largest absolute Gasteiger partial charge is 0.340 e. The standard InChI is InChI=1S/C21H22N4O/c1-13-6-5-7-17(9-13)24-20-12-19(22-16(4)23-20)21(26)25-18-10-14(2)8-15(3)11-18/h5-12H,1-4H3,(H,25,26)(H,22,23,24). The Morgan fingerprint density at radius 2 is 1.50 bits per heavy atom. The van der Waals surface area contributed by atoms with Gasteiger partial charge >= 0.3 is 0 Å². The van der Waals surface area contributed by atoms with Gasteiger partial charge in [0, 0.05) is 17.4 Å². The Balaban J connectivity index is 1.83. The highest BCUT2D eigenvalue weighted by molar-refractivity contribution is 6.03. The van der Waals surface area contributed by atoms with Crippen molar-refractivity contribution in [2.24, 2.45) is 0 Å². The molecule has 0 atom stereocenters. The van der Waals surface area contributed by atoms with E-state index in [1.54, 1.807) is 13.0 Å². The first kappa shape index (κ1) is 17.6. The van der Waals surface area contributed by atoms with Crippen molar-refractivity contribution in [3.05, 3.63) is 76.7 Å². The van der Waals surface area contributed by atoms with Crippen molar-refractivity contribution >= 4 is 23.1 Å². The van der Waals surface area contributed by atoms with E-state index in [-0.39, 0.29) is 5.91 Å². The summed E-state index contributed by atoms with van der Waals surface area (Å²) in [6.45, 7) is 7.80. The van der Waals surface area contributed by atoms with Crippen LogP contribution < -0.4 is 10.6 Å². The van der Waals surface area contributed by atoms with Crippen LogP contribution in [0.25, 0.3) is 0 Å². The monoisotopic (exact) mass is 346 g/mol. The number of benzene rings is 2. The second kappa shape index (κ2) is 7.35. The van der Waals surface area contributed by atoms with Crippen molar-refractivity contribution in [3.63, 3.8) is 0 Å². The Bertz CT molecular complexity index is 946. The zero-order valence-corrected chi connectivity index (χ0v) is 15.4. The van der Waals surface area contributed by atoms with Crippen molar-refractivity contribution in [2.75, 3.05) is 10.6 Å². The zero-order valence-electron chi connectivity index (χ0n) is 15.4. The summed E-state index contributed by atoms with van der Waals surface area (Å²) in [7, 11) is 0. The molecule has 0 unspecified atom stereocenters. The van der Waals surface area contributed by atoms with E-state index in [9.17, 15) is 4.79 Å². The third-order valence-corrected chi connectivity index (χ3v) is 3.84. The molecule has 1 amide bonds. The van der Waals surface area contributed by atoms with Gasteiger partial charge in [-0.3, -0.25) is 4.79 Å². The number of hydrogen-bond acceptors (Lipinski definition) is 4. The molecule has 0 aliphatic rings. The van der Waals surface area contributed by atoms with Gasteiger partial charge in [0.1, 0.15) is 17.3 Å². The minimum Gasteiger partial charge on any atom is -0.340 e. The maximum Gasteiger partial charge on any atom is 0.274 e. The zero-order chi connectivity index (χ0) is 18.7. The molecule has 26 heavy (non-hydrogen) atoms. The summed E-state index contributed by atoms with van der Waals surface area (Å²) in [6.07, 6.45) is 0. The van der Waals surface area contributed by atoms with Crippen LogP contribution in [0.1, 0.15) is 33.0 Å². The van der Waals surface area contributed by atoms with Gasteiger partial charge in [-0.1, -0.05) is 18.2 Å². The molecular formula is C21H22N4O. The van der Waals surface area contributed by atoms with Gasteiger partial charge < -0.3 is 10.6 Å². The molecule has 0 aliphatic carbocycles. The van der Waals surface area contributed by atoms with Gasteiger partial charge in [-0.2, -0.15) is 0 Å². The molecule has 3 rings (SSSR count). The lowest BCUT2D eigenvalue weighted by atomic mass is 10.1. The Hall–Kier alpha value is -3.21. The van der Waals surface area contributed by atoms with E-state index < -0.39 is 0 Å². The van der Waals surface area contributed by atoms with Gasteiger partial charge in [0.2, 0.25) is 0 Å². The lowest BCUT2D eigenvalue weighted by molar-refractivity contribution is 0.102. The summed E-state index contributed by atoms with van der Waals surface area (Å²) in [5.41, 5.74) is 5.35. The first-order valence-electron chi connectivity index (χ1n) is 8.48. The van der Waals surface area contributed by atoms with Crippen LogP contribution in [0.2, 0.25) is 0 Å². The van der Waals surface area contributed by atoms with Crippen LogP contribution >= 0.6 is 0 Å². The molecule has 0 fully saturated rings. The number of carbonyl (C=O) groups is 1. The highest BCUT2D eigenvalue weighted by atomic mass is 16.1. The number of rotatable bonds is 4. The summed E-state index contributed by atoms with van der Waals surface area (Å²) < 4.78 is 0. The minimum absolute atomic E-state index is 0.257. The minimum atomic E-state index is -0.257. The van der Waals surface area contributed by atoms with E-state index in [0.717, 1.165) is 28.1 Å². The van der Waals surface area contributed by atoms with Gasteiger partial charge in [0.05, 0.1) is 0 Å². The SMILES string of the molecule is Cc1cc(C)cc(NC(=O)c2cc(Nc3cccc(C)c3)nc(C)n2)c1. The molecule has 0 bridgehead atoms. The van der Waals surface area contributed by atoms with Crippen LogP contribution in [0.3, 0.4) is 0 Å². The number of nitrogens with zero attached hydrogens (tertiary/aromatic N) is 2. The molecular weight excluding hydrogens is 324 g/mol. The third-order valence-electron chi connectivity index (χ3n) is 3.84. The fourth-order valence-electron chi connectivity index (χ4n) is 2.86. The lowest BCUT2D eigenvalue weighted by Crippen LogP contribution is -2.15. The van der Waals surface area contributed by atoms with Crippen LogP contribution in [-0.4, -0.2) is 15.9 Å². The van der Waals surface area contributed by atoms with Crippen LogP contribution in [0.4, 0.5) is 17.2 Å². The number of anilines is 3. The second-order valence-corrected chi connectivity index (χ2v) is 6.51. The van der Waals surface area contributed by atoms with E-state index in [2.05, 4.69) is 26.7 Å². The number of hydrogen-bond donors (Lipinski definition) is 2. The predicted molar refractivity (Wildman–Crippen MR) is 105 cm³/mol. The fourth-order valence-corrected chi connectivity index (χ4v) is 2.86. The van der Waals surface area contributed by atoms with Gasteiger partial charge in [-0.25, -0.2) is 9.97 Å². The summed E-state index contributed by atoms with van der Waals surface area (Å²) in [5.74, 6) is 0.870. The van der Waals surface area contributed by atoms with Gasteiger partial charge in [-0.05, 0) is 68.7 Å². The highest BCUT2D eigenvalue weighted by Gasteiger charge is 2.12. The number of aryl methyl sites for hydroxylation is 4. The van der Waals surface area contributed by atoms with E-state index in [1.165, 1.54) is 0 Å². The maximum atomic E-state index is 12.6. The number of aromatic nitrogens is 2. The molecule has 0 spiro atoms. The van der Waals surface area contributed by atoms with Gasteiger partial charge in [-0.15, -0.1) is 0 Å². The lowest BCUT2D eigenvalue weighted by Gasteiger charge is -2.10. The molecule has 3 aromatic rings. The topological polar surface area (TPSA) is 66.9 Å². The molecule has 1 aromatic heterocycles. The molecule has 2 N–H and O–H groups in total. The number of amides is 1. The average Bonchev–Trinajstić information content (AvgIpc) is 2.53. The van der Waals surface area contributed by atoms with E-state index in [1.807, 2.05) is 57.2 Å². The van der Waals surface area contributed by atoms with Crippen LogP contribution in [0, 0.1) is 27.7 Å². The van der Waals surface area contributed by atoms with Gasteiger partial charge in [0.15, 0.2) is 0 Å². The van der Waals surface area contributed by atoms with E-state index in [4.69, 9.17) is 0 Å². The quantitative estimate of drug-likeness (QED) is 0.718. The Morgan fingerprint density at radius 3 is 2.19 bits per heavy atom. The summed E-state index contributed by atoms with van der Waals surface area (Å²) in [6, 6.07) is 15.6. The summed E-state index contributed by atoms with van der Waals surface area (Å²) >= 11 is 0. The molecule has 5 heteroatoms. The highest BCUT2D eigenvalue weighted by Crippen LogP contribution is 2.18. The first-order valence-corrected chi connectivity index (χ1v) is 8.48. The maximum absolute atomic E-state index is 12.6. The number of nitrogens with one attached hydrogen (secondary N) is 2. The van der Waals surface area contributed by atoms with Crippen LogP contribution in [-0.2, 0) is 0 Å². The Labute approximate surface area is 153 Å². The third kappa shape index (κ3) is 4.45. The fraction of sp³-hybridized carbons (Fsp3) is 0.190. The van der Waals surface area contributed by atoms with Crippen molar-refractivity contribution in [2.45, 2.75) is 27.7 Å². The molecule has 0 saturated heterocycles. The number of carbonyl (C=O) groups excluding carboxylic acids is 1. The summed E-state index contributed by atoms with van der Waals surface area (Å²) in [5, 5.41) is 6.14. The second-order valence-electron chi connectivity index (χ2n) is 6.51. The predicted octanol–water partition coefficient (Wildman–Crippen LogP) is 4.71. The average molecular weight is 346 g/mol. The molecule has 132 valence electrons. The van der Waals surface area contributed by atoms with E-state index in [0.29, 0.717) is 17.3 Å². The normalized spacial score (nSPS) is 10.5. The van der Waals surface area contributed by atoms with Crippen LogP contribution in [0.5, 0.6) is 0 Å².